The molecule has 0 radical (unpaired) electrons. The Morgan fingerprint density at radius 3 is 2.88 bits per heavy atom. The molecule has 2 rings (SSSR count). The van der Waals surface area contributed by atoms with E-state index in [1.807, 2.05) is 31.2 Å². The zero-order valence-electron chi connectivity index (χ0n) is 10.1. The summed E-state index contributed by atoms with van der Waals surface area (Å²) in [6.07, 6.45) is 2.06. The van der Waals surface area contributed by atoms with Gasteiger partial charge in [0.25, 0.3) is 0 Å². The number of aryl methyl sites for hydroxylation is 1. The maximum atomic E-state index is 14.8. The summed E-state index contributed by atoms with van der Waals surface area (Å²) >= 11 is 0. The van der Waals surface area contributed by atoms with E-state index in [2.05, 4.69) is 5.32 Å². The summed E-state index contributed by atoms with van der Waals surface area (Å²) in [7, 11) is 0. The predicted octanol–water partition coefficient (Wildman–Crippen LogP) is 3.18. The monoisotopic (exact) mass is 221 g/mol. The molecule has 88 valence electrons. The third-order valence-corrected chi connectivity index (χ3v) is 3.65. The second kappa shape index (κ2) is 4.54. The normalized spacial score (nSPS) is 25.1. The van der Waals surface area contributed by atoms with Gasteiger partial charge in [-0.3, -0.25) is 0 Å². The van der Waals surface area contributed by atoms with Crippen molar-refractivity contribution in [3.8, 4) is 0 Å². The Morgan fingerprint density at radius 1 is 1.44 bits per heavy atom. The fourth-order valence-corrected chi connectivity index (χ4v) is 2.50. The van der Waals surface area contributed by atoms with E-state index in [0.29, 0.717) is 0 Å². The lowest BCUT2D eigenvalue weighted by molar-refractivity contribution is 0.0811. The molecule has 2 unspecified atom stereocenters. The topological polar surface area (TPSA) is 12.0 Å². The van der Waals surface area contributed by atoms with Crippen LogP contribution in [0.5, 0.6) is 0 Å². The maximum Gasteiger partial charge on any atom is 0.137 e. The fraction of sp³-hybridized carbons (Fsp3) is 0.571. The number of hydrogen-bond acceptors (Lipinski definition) is 1. The van der Waals surface area contributed by atoms with Gasteiger partial charge < -0.3 is 5.32 Å². The Hall–Kier alpha value is -0.890. The van der Waals surface area contributed by atoms with Crippen molar-refractivity contribution in [1.82, 2.24) is 5.32 Å². The molecule has 0 spiro atoms. The molecule has 0 saturated carbocycles. The van der Waals surface area contributed by atoms with E-state index in [9.17, 15) is 4.39 Å². The third kappa shape index (κ3) is 2.27. The van der Waals surface area contributed by atoms with Crippen LogP contribution in [0, 0.1) is 12.8 Å². The van der Waals surface area contributed by atoms with Gasteiger partial charge >= 0.3 is 0 Å². The number of piperidine rings is 1. The van der Waals surface area contributed by atoms with Crippen LogP contribution in [0.15, 0.2) is 24.3 Å². The zero-order chi connectivity index (χ0) is 11.6. The summed E-state index contributed by atoms with van der Waals surface area (Å²) < 4.78 is 14.8. The molecule has 0 aromatic heterocycles. The van der Waals surface area contributed by atoms with E-state index in [1.165, 1.54) is 0 Å². The number of alkyl halides is 1. The van der Waals surface area contributed by atoms with Crippen molar-refractivity contribution in [2.45, 2.75) is 32.4 Å². The van der Waals surface area contributed by atoms with Gasteiger partial charge in [-0.25, -0.2) is 4.39 Å². The van der Waals surface area contributed by atoms with Crippen LogP contribution in [0.3, 0.4) is 0 Å². The summed E-state index contributed by atoms with van der Waals surface area (Å²) in [4.78, 5) is 0. The molecule has 0 bridgehead atoms. The van der Waals surface area contributed by atoms with E-state index in [-0.39, 0.29) is 5.92 Å². The Kier molecular flexibility index (Phi) is 3.29. The summed E-state index contributed by atoms with van der Waals surface area (Å²) in [5, 5.41) is 3.29. The van der Waals surface area contributed by atoms with Crippen molar-refractivity contribution in [3.05, 3.63) is 35.4 Å². The molecule has 0 amide bonds. The molecule has 0 aliphatic carbocycles. The maximum absolute atomic E-state index is 14.8. The average molecular weight is 221 g/mol. The van der Waals surface area contributed by atoms with Gasteiger partial charge in [0.2, 0.25) is 0 Å². The van der Waals surface area contributed by atoms with E-state index in [4.69, 9.17) is 0 Å². The Labute approximate surface area is 97.1 Å². The Morgan fingerprint density at radius 2 is 2.25 bits per heavy atom. The van der Waals surface area contributed by atoms with Crippen molar-refractivity contribution in [2.24, 2.45) is 5.92 Å². The SMILES string of the molecule is Cc1cccc(C(C)(F)C2CCCNC2)c1. The Balaban J connectivity index is 2.22. The van der Waals surface area contributed by atoms with Crippen molar-refractivity contribution in [2.75, 3.05) is 13.1 Å². The average Bonchev–Trinajstić information content (AvgIpc) is 2.30. The van der Waals surface area contributed by atoms with Gasteiger partial charge in [0.15, 0.2) is 0 Å². The summed E-state index contributed by atoms with van der Waals surface area (Å²) in [6.45, 7) is 5.56. The minimum atomic E-state index is -1.21. The lowest BCUT2D eigenvalue weighted by Crippen LogP contribution is -2.40. The zero-order valence-corrected chi connectivity index (χ0v) is 10.1. The molecule has 16 heavy (non-hydrogen) atoms. The van der Waals surface area contributed by atoms with Gasteiger partial charge in [-0.2, -0.15) is 0 Å². The van der Waals surface area contributed by atoms with Crippen LogP contribution in [0.2, 0.25) is 0 Å². The van der Waals surface area contributed by atoms with Gasteiger partial charge in [-0.05, 0) is 38.8 Å². The first-order valence-electron chi connectivity index (χ1n) is 6.07. The standard InChI is InChI=1S/C14H20FN/c1-11-5-3-6-12(9-11)14(2,15)13-7-4-8-16-10-13/h3,5-6,9,13,16H,4,7-8,10H2,1-2H3. The molecule has 2 atom stereocenters. The second-order valence-corrected chi connectivity index (χ2v) is 4.99. The van der Waals surface area contributed by atoms with Crippen LogP contribution in [0.4, 0.5) is 4.39 Å². The third-order valence-electron chi connectivity index (χ3n) is 3.65. The first kappa shape index (κ1) is 11.6. The molecule has 1 heterocycles. The summed E-state index contributed by atoms with van der Waals surface area (Å²) in [5.74, 6) is 0.100. The lowest BCUT2D eigenvalue weighted by Gasteiger charge is -2.34. The van der Waals surface area contributed by atoms with Crippen molar-refractivity contribution >= 4 is 0 Å². The van der Waals surface area contributed by atoms with E-state index in [0.717, 1.165) is 37.1 Å². The quantitative estimate of drug-likeness (QED) is 0.808. The fourth-order valence-electron chi connectivity index (χ4n) is 2.50. The van der Waals surface area contributed by atoms with Crippen LogP contribution in [-0.4, -0.2) is 13.1 Å². The number of nitrogens with one attached hydrogen (secondary N) is 1. The van der Waals surface area contributed by atoms with E-state index >= 15 is 0 Å². The van der Waals surface area contributed by atoms with Crippen LogP contribution < -0.4 is 5.32 Å². The molecule has 1 nitrogen and oxygen atoms in total. The molecule has 1 N–H and O–H groups in total. The molecule has 2 heteroatoms. The molecule has 1 aliphatic rings. The molecular formula is C14H20FN. The largest absolute Gasteiger partial charge is 0.316 e. The highest BCUT2D eigenvalue weighted by molar-refractivity contribution is 5.28. The van der Waals surface area contributed by atoms with Crippen LogP contribution in [0.1, 0.15) is 30.9 Å². The highest BCUT2D eigenvalue weighted by Crippen LogP contribution is 2.37. The van der Waals surface area contributed by atoms with Gasteiger partial charge in [0.1, 0.15) is 5.67 Å². The van der Waals surface area contributed by atoms with Gasteiger partial charge in [0, 0.05) is 12.5 Å². The highest BCUT2D eigenvalue weighted by atomic mass is 19.1. The number of benzene rings is 1. The Bertz CT molecular complexity index is 354. The molecule has 1 aromatic rings. The van der Waals surface area contributed by atoms with E-state index < -0.39 is 5.67 Å². The molecular weight excluding hydrogens is 201 g/mol. The molecule has 1 fully saturated rings. The highest BCUT2D eigenvalue weighted by Gasteiger charge is 2.36. The van der Waals surface area contributed by atoms with Gasteiger partial charge in [-0.1, -0.05) is 29.8 Å². The first-order valence-corrected chi connectivity index (χ1v) is 6.07. The van der Waals surface area contributed by atoms with Crippen molar-refractivity contribution in [3.63, 3.8) is 0 Å². The number of rotatable bonds is 2. The smallest absolute Gasteiger partial charge is 0.137 e. The lowest BCUT2D eigenvalue weighted by atomic mass is 9.80. The summed E-state index contributed by atoms with van der Waals surface area (Å²) in [5.41, 5.74) is 0.741. The second-order valence-electron chi connectivity index (χ2n) is 4.99. The number of hydrogen-bond donors (Lipinski definition) is 1. The van der Waals surface area contributed by atoms with Crippen LogP contribution in [-0.2, 0) is 5.67 Å². The van der Waals surface area contributed by atoms with Crippen molar-refractivity contribution in [1.29, 1.82) is 0 Å². The summed E-state index contributed by atoms with van der Waals surface area (Å²) in [6, 6.07) is 7.83. The van der Waals surface area contributed by atoms with Gasteiger partial charge in [0.05, 0.1) is 0 Å². The first-order chi connectivity index (χ1) is 7.60. The minimum absolute atomic E-state index is 0.100. The molecule has 1 aliphatic heterocycles. The predicted molar refractivity (Wildman–Crippen MR) is 65.2 cm³/mol. The van der Waals surface area contributed by atoms with Gasteiger partial charge in [-0.15, -0.1) is 0 Å². The van der Waals surface area contributed by atoms with Crippen LogP contribution in [0.25, 0.3) is 0 Å². The number of halogens is 1. The van der Waals surface area contributed by atoms with Crippen molar-refractivity contribution < 1.29 is 4.39 Å². The van der Waals surface area contributed by atoms with Crippen LogP contribution >= 0.6 is 0 Å². The van der Waals surface area contributed by atoms with E-state index in [1.54, 1.807) is 6.92 Å². The molecule has 1 aromatic carbocycles. The minimum Gasteiger partial charge on any atom is -0.316 e. The molecule has 1 saturated heterocycles.